The number of hydrogen-bond donors (Lipinski definition) is 1. The second-order valence-electron chi connectivity index (χ2n) is 2.87. The zero-order valence-corrected chi connectivity index (χ0v) is 6.50. The zero-order valence-electron chi connectivity index (χ0n) is 6.50. The van der Waals surface area contributed by atoms with Crippen LogP contribution in [0.1, 0.15) is 24.4 Å². The molecule has 0 radical (unpaired) electrons. The van der Waals surface area contributed by atoms with Gasteiger partial charge in [-0.1, -0.05) is 0 Å². The lowest BCUT2D eigenvalue weighted by molar-refractivity contribution is 0.0459. The maximum Gasteiger partial charge on any atom is 0.228 e. The summed E-state index contributed by atoms with van der Waals surface area (Å²) < 4.78 is 4.81. The van der Waals surface area contributed by atoms with E-state index in [2.05, 4.69) is 0 Å². The molecule has 1 aromatic rings. The third-order valence-electron chi connectivity index (χ3n) is 1.30. The molecule has 0 aromatic carbocycles. The fourth-order valence-corrected chi connectivity index (χ4v) is 0.709. The summed E-state index contributed by atoms with van der Waals surface area (Å²) in [4.78, 5) is 11.2. The summed E-state index contributed by atoms with van der Waals surface area (Å²) in [5.41, 5.74) is -1.35. The lowest BCUT2D eigenvalue weighted by Gasteiger charge is -2.12. The van der Waals surface area contributed by atoms with E-state index in [9.17, 15) is 9.90 Å². The second-order valence-corrected chi connectivity index (χ2v) is 2.87. The van der Waals surface area contributed by atoms with Crippen molar-refractivity contribution in [3.05, 3.63) is 24.2 Å². The number of Topliss-reactive ketones (excluding diaryl/α,β-unsaturated/α-hetero) is 1. The minimum absolute atomic E-state index is 0.192. The van der Waals surface area contributed by atoms with Crippen LogP contribution in [-0.2, 0) is 0 Å². The molecular formula is C8H10O3. The average molecular weight is 154 g/mol. The van der Waals surface area contributed by atoms with E-state index in [0.717, 1.165) is 0 Å². The third-order valence-corrected chi connectivity index (χ3v) is 1.30. The smallest absolute Gasteiger partial charge is 0.228 e. The highest BCUT2D eigenvalue weighted by Crippen LogP contribution is 2.12. The SMILES string of the molecule is CC(C)(O)C(=O)c1ccco1. The standard InChI is InChI=1S/C8H10O3/c1-8(2,10)7(9)6-4-3-5-11-6/h3-5,10H,1-2H3. The van der Waals surface area contributed by atoms with Crippen molar-refractivity contribution in [3.63, 3.8) is 0 Å². The van der Waals surface area contributed by atoms with E-state index < -0.39 is 11.4 Å². The van der Waals surface area contributed by atoms with Crippen LogP contribution in [-0.4, -0.2) is 16.5 Å². The summed E-state index contributed by atoms with van der Waals surface area (Å²) in [6.07, 6.45) is 1.40. The Labute approximate surface area is 64.6 Å². The average Bonchev–Trinajstić information content (AvgIpc) is 2.34. The van der Waals surface area contributed by atoms with Crippen molar-refractivity contribution >= 4 is 5.78 Å². The van der Waals surface area contributed by atoms with Gasteiger partial charge in [-0.05, 0) is 26.0 Å². The first kappa shape index (κ1) is 8.01. The van der Waals surface area contributed by atoms with Crippen LogP contribution in [0.3, 0.4) is 0 Å². The summed E-state index contributed by atoms with van der Waals surface area (Å²) in [7, 11) is 0. The van der Waals surface area contributed by atoms with Gasteiger partial charge >= 0.3 is 0 Å². The number of rotatable bonds is 2. The summed E-state index contributed by atoms with van der Waals surface area (Å²) >= 11 is 0. The van der Waals surface area contributed by atoms with Crippen molar-refractivity contribution in [2.75, 3.05) is 0 Å². The third kappa shape index (κ3) is 1.68. The van der Waals surface area contributed by atoms with Gasteiger partial charge in [0.05, 0.1) is 6.26 Å². The maximum atomic E-state index is 11.2. The molecule has 0 aliphatic rings. The van der Waals surface area contributed by atoms with Crippen molar-refractivity contribution in [1.82, 2.24) is 0 Å². The van der Waals surface area contributed by atoms with E-state index in [0.29, 0.717) is 0 Å². The van der Waals surface area contributed by atoms with Gasteiger partial charge in [0.15, 0.2) is 5.76 Å². The molecular weight excluding hydrogens is 144 g/mol. The van der Waals surface area contributed by atoms with Gasteiger partial charge in [-0.15, -0.1) is 0 Å². The van der Waals surface area contributed by atoms with Crippen LogP contribution in [0, 0.1) is 0 Å². The van der Waals surface area contributed by atoms with E-state index in [1.165, 1.54) is 26.2 Å². The van der Waals surface area contributed by atoms with Crippen molar-refractivity contribution in [1.29, 1.82) is 0 Å². The molecule has 0 saturated carbocycles. The van der Waals surface area contributed by atoms with Crippen LogP contribution < -0.4 is 0 Å². The topological polar surface area (TPSA) is 50.4 Å². The predicted molar refractivity (Wildman–Crippen MR) is 39.3 cm³/mol. The molecule has 1 N–H and O–H groups in total. The van der Waals surface area contributed by atoms with Gasteiger partial charge < -0.3 is 9.52 Å². The lowest BCUT2D eigenvalue weighted by atomic mass is 10.0. The number of carbonyl (C=O) groups is 1. The number of carbonyl (C=O) groups excluding carboxylic acids is 1. The highest BCUT2D eigenvalue weighted by Gasteiger charge is 2.26. The first-order valence-electron chi connectivity index (χ1n) is 3.32. The molecule has 0 aliphatic carbocycles. The summed E-state index contributed by atoms with van der Waals surface area (Å²) in [6.45, 7) is 2.86. The molecule has 0 unspecified atom stereocenters. The summed E-state index contributed by atoms with van der Waals surface area (Å²) in [5.74, 6) is -0.208. The molecule has 0 atom stereocenters. The van der Waals surface area contributed by atoms with Gasteiger partial charge in [0.1, 0.15) is 5.60 Å². The largest absolute Gasteiger partial charge is 0.461 e. The Balaban J connectivity index is 2.88. The molecule has 1 heterocycles. The highest BCUT2D eigenvalue weighted by atomic mass is 16.3. The summed E-state index contributed by atoms with van der Waals surface area (Å²) in [5, 5.41) is 9.25. The van der Waals surface area contributed by atoms with E-state index in [1.54, 1.807) is 6.07 Å². The fourth-order valence-electron chi connectivity index (χ4n) is 0.709. The first-order chi connectivity index (χ1) is 5.02. The minimum atomic E-state index is -1.35. The predicted octanol–water partition coefficient (Wildman–Crippen LogP) is 1.23. The first-order valence-corrected chi connectivity index (χ1v) is 3.32. The molecule has 0 fully saturated rings. The van der Waals surface area contributed by atoms with Crippen LogP contribution in [0.15, 0.2) is 22.8 Å². The Morgan fingerprint density at radius 2 is 2.27 bits per heavy atom. The van der Waals surface area contributed by atoms with Crippen molar-refractivity contribution in [2.24, 2.45) is 0 Å². The number of aliphatic hydroxyl groups is 1. The molecule has 3 nitrogen and oxygen atoms in total. The van der Waals surface area contributed by atoms with Crippen LogP contribution >= 0.6 is 0 Å². The van der Waals surface area contributed by atoms with Gasteiger partial charge in [-0.2, -0.15) is 0 Å². The maximum absolute atomic E-state index is 11.2. The molecule has 1 aromatic heterocycles. The van der Waals surface area contributed by atoms with Crippen LogP contribution in [0.5, 0.6) is 0 Å². The Morgan fingerprint density at radius 3 is 2.64 bits per heavy atom. The Kier molecular flexibility index (Phi) is 1.83. The van der Waals surface area contributed by atoms with Crippen LogP contribution in [0.25, 0.3) is 0 Å². The molecule has 0 bridgehead atoms. The van der Waals surface area contributed by atoms with Crippen molar-refractivity contribution < 1.29 is 14.3 Å². The van der Waals surface area contributed by atoms with Gasteiger partial charge in [-0.25, -0.2) is 0 Å². The Hall–Kier alpha value is -1.09. The van der Waals surface area contributed by atoms with E-state index in [-0.39, 0.29) is 5.76 Å². The monoisotopic (exact) mass is 154 g/mol. The number of furan rings is 1. The molecule has 0 spiro atoms. The van der Waals surface area contributed by atoms with E-state index in [1.807, 2.05) is 0 Å². The molecule has 0 aliphatic heterocycles. The molecule has 1 rings (SSSR count). The highest BCUT2D eigenvalue weighted by molar-refractivity contribution is 5.99. The molecule has 0 amide bonds. The Bertz CT molecular complexity index is 241. The Morgan fingerprint density at radius 1 is 1.64 bits per heavy atom. The fraction of sp³-hybridized carbons (Fsp3) is 0.375. The van der Waals surface area contributed by atoms with Gasteiger partial charge in [0.25, 0.3) is 0 Å². The van der Waals surface area contributed by atoms with E-state index >= 15 is 0 Å². The van der Waals surface area contributed by atoms with Gasteiger partial charge in [-0.3, -0.25) is 4.79 Å². The normalized spacial score (nSPS) is 11.5. The number of hydrogen-bond acceptors (Lipinski definition) is 3. The van der Waals surface area contributed by atoms with Crippen molar-refractivity contribution in [2.45, 2.75) is 19.4 Å². The number of ketones is 1. The summed E-state index contributed by atoms with van der Waals surface area (Å²) in [6, 6.07) is 3.14. The minimum Gasteiger partial charge on any atom is -0.461 e. The molecule has 3 heteroatoms. The lowest BCUT2D eigenvalue weighted by Crippen LogP contribution is -2.30. The molecule has 60 valence electrons. The van der Waals surface area contributed by atoms with Gasteiger partial charge in [0, 0.05) is 0 Å². The van der Waals surface area contributed by atoms with E-state index in [4.69, 9.17) is 4.42 Å². The van der Waals surface area contributed by atoms with Crippen LogP contribution in [0.4, 0.5) is 0 Å². The molecule has 0 saturated heterocycles. The second kappa shape index (κ2) is 2.51. The zero-order chi connectivity index (χ0) is 8.48. The molecule has 11 heavy (non-hydrogen) atoms. The van der Waals surface area contributed by atoms with Crippen LogP contribution in [0.2, 0.25) is 0 Å². The van der Waals surface area contributed by atoms with Gasteiger partial charge in [0.2, 0.25) is 5.78 Å². The van der Waals surface area contributed by atoms with Crippen molar-refractivity contribution in [3.8, 4) is 0 Å². The quantitative estimate of drug-likeness (QED) is 0.652.